The normalized spacial score (nSPS) is 28.4. The van der Waals surface area contributed by atoms with E-state index in [4.69, 9.17) is 4.65 Å². The summed E-state index contributed by atoms with van der Waals surface area (Å²) in [6.45, 7) is 0.878. The number of hydrogen-bond donors (Lipinski definition) is 0. The van der Waals surface area contributed by atoms with E-state index in [1.165, 1.54) is 24.0 Å². The maximum Gasteiger partial charge on any atom is 0.232 e. The molecule has 95 valence electrons. The van der Waals surface area contributed by atoms with Crippen LogP contribution >= 0.6 is 22.4 Å². The Morgan fingerprint density at radius 2 is 1.79 bits per heavy atom. The van der Waals surface area contributed by atoms with E-state index < -0.39 is 0 Å². The molecule has 0 N–H and O–H groups in total. The van der Waals surface area contributed by atoms with Gasteiger partial charge in [-0.05, 0) is 54.6 Å². The molecule has 3 nitrogen and oxygen atoms in total. The molecule has 0 bridgehead atoms. The molecular formula is C12H15B3IN2O. The van der Waals surface area contributed by atoms with Crippen molar-refractivity contribution in [2.75, 3.05) is 6.61 Å². The zero-order chi connectivity index (χ0) is 13.1. The number of hydrogen-bond acceptors (Lipinski definition) is 3. The molecule has 1 aromatic heterocycles. The quantitative estimate of drug-likeness (QED) is 0.452. The number of rotatable bonds is 5. The SMILES string of the molecule is I[B][B][B]OCC1C2CCc3cnncc3CCC21. The van der Waals surface area contributed by atoms with E-state index in [2.05, 4.69) is 32.6 Å². The van der Waals surface area contributed by atoms with Crippen LogP contribution in [-0.2, 0) is 17.5 Å². The second kappa shape index (κ2) is 6.61. The lowest BCUT2D eigenvalue weighted by molar-refractivity contribution is 0.307. The van der Waals surface area contributed by atoms with Gasteiger partial charge in [0.2, 0.25) is 7.37 Å². The number of aryl methyl sites for hydroxylation is 2. The Hall–Kier alpha value is -0.0352. The first-order chi connectivity index (χ1) is 9.40. The van der Waals surface area contributed by atoms with Crippen molar-refractivity contribution in [2.45, 2.75) is 25.7 Å². The van der Waals surface area contributed by atoms with Crippen molar-refractivity contribution in [1.82, 2.24) is 10.2 Å². The van der Waals surface area contributed by atoms with Crippen molar-refractivity contribution < 1.29 is 4.65 Å². The molecule has 3 rings (SSSR count). The van der Waals surface area contributed by atoms with Crippen molar-refractivity contribution in [3.05, 3.63) is 23.5 Å². The van der Waals surface area contributed by atoms with E-state index in [-0.39, 0.29) is 0 Å². The van der Waals surface area contributed by atoms with Crippen LogP contribution in [0.5, 0.6) is 0 Å². The average molecular weight is 363 g/mol. The molecule has 0 amide bonds. The third-order valence-electron chi connectivity index (χ3n) is 4.45. The van der Waals surface area contributed by atoms with Gasteiger partial charge >= 0.3 is 0 Å². The fraction of sp³-hybridized carbons (Fsp3) is 0.667. The molecule has 2 atom stereocenters. The van der Waals surface area contributed by atoms with Crippen molar-refractivity contribution >= 4 is 41.8 Å². The Kier molecular flexibility index (Phi) is 4.85. The summed E-state index contributed by atoms with van der Waals surface area (Å²) in [5.74, 6) is 2.48. The van der Waals surface area contributed by atoms with Crippen LogP contribution in [0.2, 0.25) is 0 Å². The van der Waals surface area contributed by atoms with E-state index >= 15 is 0 Å². The lowest BCUT2D eigenvalue weighted by Crippen LogP contribution is -2.14. The topological polar surface area (TPSA) is 35.0 Å². The van der Waals surface area contributed by atoms with Gasteiger partial charge in [0.05, 0.1) is 19.5 Å². The second-order valence-electron chi connectivity index (χ2n) is 5.40. The number of fused-ring (bicyclic) bond motifs is 2. The maximum atomic E-state index is 5.61. The van der Waals surface area contributed by atoms with Gasteiger partial charge in [0, 0.05) is 6.61 Å². The summed E-state index contributed by atoms with van der Waals surface area (Å²) in [5.41, 5.74) is 2.80. The molecule has 2 unspecified atom stereocenters. The number of aromatic nitrogens is 2. The Bertz CT molecular complexity index is 404. The summed E-state index contributed by atoms with van der Waals surface area (Å²) < 4.78 is 5.61. The van der Waals surface area contributed by atoms with Gasteiger partial charge in [-0.3, -0.25) is 0 Å². The molecule has 1 fully saturated rings. The summed E-state index contributed by atoms with van der Waals surface area (Å²) in [6, 6.07) is 0. The summed E-state index contributed by atoms with van der Waals surface area (Å²) in [4.78, 5) is 0. The van der Waals surface area contributed by atoms with E-state index in [0.717, 1.165) is 37.2 Å². The van der Waals surface area contributed by atoms with Gasteiger partial charge in [-0.2, -0.15) is 32.6 Å². The highest BCUT2D eigenvalue weighted by molar-refractivity contribution is 14.1. The highest BCUT2D eigenvalue weighted by atomic mass is 127. The van der Waals surface area contributed by atoms with Crippen LogP contribution in [0.25, 0.3) is 0 Å². The van der Waals surface area contributed by atoms with Crippen molar-refractivity contribution in [3.63, 3.8) is 0 Å². The van der Waals surface area contributed by atoms with Crippen molar-refractivity contribution in [1.29, 1.82) is 0 Å². The first-order valence-electron chi connectivity index (χ1n) is 6.88. The largest absolute Gasteiger partial charge is 0.452 e. The minimum Gasteiger partial charge on any atom is -0.452 e. The molecule has 0 spiro atoms. The van der Waals surface area contributed by atoms with Gasteiger partial charge in [-0.25, -0.2) is 0 Å². The molecule has 1 heterocycles. The third-order valence-corrected chi connectivity index (χ3v) is 4.86. The minimum atomic E-state index is 0.758. The van der Waals surface area contributed by atoms with Crippen LogP contribution in [0.4, 0.5) is 0 Å². The molecule has 2 aliphatic rings. The molecule has 3 radical (unpaired) electrons. The smallest absolute Gasteiger partial charge is 0.232 e. The minimum absolute atomic E-state index is 0.758. The van der Waals surface area contributed by atoms with Crippen LogP contribution in [-0.4, -0.2) is 36.3 Å². The zero-order valence-corrected chi connectivity index (χ0v) is 13.0. The maximum absolute atomic E-state index is 5.61. The van der Waals surface area contributed by atoms with E-state index in [9.17, 15) is 0 Å². The van der Waals surface area contributed by atoms with Crippen LogP contribution in [0.1, 0.15) is 24.0 Å². The highest BCUT2D eigenvalue weighted by Gasteiger charge is 2.48. The predicted molar refractivity (Wildman–Crippen MR) is 86.4 cm³/mol. The van der Waals surface area contributed by atoms with Crippen molar-refractivity contribution in [3.8, 4) is 0 Å². The van der Waals surface area contributed by atoms with Crippen LogP contribution in [0.3, 0.4) is 0 Å². The molecule has 1 aromatic rings. The predicted octanol–water partition coefficient (Wildman–Crippen LogP) is 1.44. The average Bonchev–Trinajstić information content (AvgIpc) is 3.08. The summed E-state index contributed by atoms with van der Waals surface area (Å²) >= 11 is 2.20. The number of nitrogens with zero attached hydrogens (tertiary/aromatic N) is 2. The molecule has 2 aliphatic carbocycles. The third kappa shape index (κ3) is 3.35. The van der Waals surface area contributed by atoms with Gasteiger partial charge in [0.15, 0.2) is 0 Å². The fourth-order valence-corrected chi connectivity index (χ4v) is 3.52. The Labute approximate surface area is 130 Å². The van der Waals surface area contributed by atoms with Gasteiger partial charge in [0.1, 0.15) is 5.03 Å². The van der Waals surface area contributed by atoms with Crippen molar-refractivity contribution in [2.24, 2.45) is 17.8 Å². The van der Waals surface area contributed by atoms with Crippen LogP contribution in [0, 0.1) is 17.8 Å². The van der Waals surface area contributed by atoms with E-state index in [1.807, 2.05) is 24.5 Å². The molecule has 7 heteroatoms. The lowest BCUT2D eigenvalue weighted by atomic mass is 9.35. The summed E-state index contributed by atoms with van der Waals surface area (Å²) in [5, 5.41) is 9.98. The van der Waals surface area contributed by atoms with Crippen LogP contribution in [0.15, 0.2) is 12.4 Å². The van der Waals surface area contributed by atoms with E-state index in [0.29, 0.717) is 0 Å². The monoisotopic (exact) mass is 363 g/mol. The first-order valence-corrected chi connectivity index (χ1v) is 8.13. The molecule has 1 saturated carbocycles. The molecule has 0 aromatic carbocycles. The lowest BCUT2D eigenvalue weighted by Gasteiger charge is -2.10. The van der Waals surface area contributed by atoms with Gasteiger partial charge in [-0.1, -0.05) is 0 Å². The van der Waals surface area contributed by atoms with Crippen LogP contribution < -0.4 is 0 Å². The van der Waals surface area contributed by atoms with Gasteiger partial charge in [0.25, 0.3) is 0 Å². The Morgan fingerprint density at radius 1 is 1.16 bits per heavy atom. The first kappa shape index (κ1) is 13.9. The van der Waals surface area contributed by atoms with Gasteiger partial charge < -0.3 is 4.65 Å². The summed E-state index contributed by atoms with van der Waals surface area (Å²) in [6.07, 6.45) is 8.75. The van der Waals surface area contributed by atoms with Gasteiger partial charge in [-0.15, -0.1) is 0 Å². The van der Waals surface area contributed by atoms with E-state index in [1.54, 1.807) is 7.37 Å². The Balaban J connectivity index is 1.52. The zero-order valence-electron chi connectivity index (χ0n) is 10.8. The molecular weight excluding hydrogens is 347 g/mol. The standard InChI is InChI=1S/C12H15B3IN2O/c16-14-13-15-19-7-12-10-3-1-8-5-17-18-6-9(8)2-4-11(10)12/h5-6,10-12H,1-4,7H2. The fourth-order valence-electron chi connectivity index (χ4n) is 3.35. The number of halogens is 1. The second-order valence-corrected chi connectivity index (χ2v) is 6.12. The molecule has 0 saturated heterocycles. The Morgan fingerprint density at radius 3 is 2.37 bits per heavy atom. The molecule has 19 heavy (non-hydrogen) atoms. The summed E-state index contributed by atoms with van der Waals surface area (Å²) in [7, 11) is 3.75. The molecule has 0 aliphatic heterocycles. The highest BCUT2D eigenvalue weighted by Crippen LogP contribution is 2.52.